The SMILES string of the molecule is CCC(C)CC(C)C1CC1CC. The molecule has 0 bridgehead atoms. The highest BCUT2D eigenvalue weighted by Gasteiger charge is 2.39. The van der Waals surface area contributed by atoms with Crippen molar-refractivity contribution in [2.75, 3.05) is 0 Å². The molecule has 72 valence electrons. The van der Waals surface area contributed by atoms with E-state index in [1.807, 2.05) is 0 Å². The van der Waals surface area contributed by atoms with Gasteiger partial charge in [0, 0.05) is 0 Å². The molecule has 1 aliphatic carbocycles. The fraction of sp³-hybridized carbons (Fsp3) is 1.00. The molecule has 0 heteroatoms. The Balaban J connectivity index is 2.17. The molecule has 0 aromatic heterocycles. The van der Waals surface area contributed by atoms with E-state index in [2.05, 4.69) is 27.7 Å². The van der Waals surface area contributed by atoms with Gasteiger partial charge in [-0.3, -0.25) is 0 Å². The van der Waals surface area contributed by atoms with Crippen LogP contribution in [0.1, 0.15) is 53.4 Å². The molecule has 0 nitrogen and oxygen atoms in total. The maximum absolute atomic E-state index is 2.45. The van der Waals surface area contributed by atoms with E-state index in [0.717, 1.165) is 23.7 Å². The summed E-state index contributed by atoms with van der Waals surface area (Å²) in [4.78, 5) is 0. The van der Waals surface area contributed by atoms with Gasteiger partial charge in [-0.25, -0.2) is 0 Å². The zero-order chi connectivity index (χ0) is 9.14. The molecule has 0 saturated heterocycles. The minimum absolute atomic E-state index is 0.943. The highest BCUT2D eigenvalue weighted by atomic mass is 14.4. The summed E-state index contributed by atoms with van der Waals surface area (Å²) in [5.74, 6) is 4.11. The largest absolute Gasteiger partial charge is 0.0651 e. The Morgan fingerprint density at radius 3 is 2.33 bits per heavy atom. The van der Waals surface area contributed by atoms with Gasteiger partial charge in [0.15, 0.2) is 0 Å². The summed E-state index contributed by atoms with van der Waals surface area (Å²) in [5, 5.41) is 0. The van der Waals surface area contributed by atoms with Crippen molar-refractivity contribution in [1.82, 2.24) is 0 Å². The van der Waals surface area contributed by atoms with Crippen molar-refractivity contribution in [3.8, 4) is 0 Å². The molecule has 0 N–H and O–H groups in total. The average molecular weight is 168 g/mol. The van der Waals surface area contributed by atoms with Crippen LogP contribution in [0, 0.1) is 23.7 Å². The van der Waals surface area contributed by atoms with Gasteiger partial charge in [0.05, 0.1) is 0 Å². The first-order valence-corrected chi connectivity index (χ1v) is 5.69. The fourth-order valence-corrected chi connectivity index (χ4v) is 2.41. The van der Waals surface area contributed by atoms with Crippen LogP contribution in [-0.2, 0) is 0 Å². The molecule has 0 amide bonds. The lowest BCUT2D eigenvalue weighted by molar-refractivity contribution is 0.357. The van der Waals surface area contributed by atoms with Gasteiger partial charge < -0.3 is 0 Å². The molecule has 0 aromatic carbocycles. The number of hydrogen-bond acceptors (Lipinski definition) is 0. The topological polar surface area (TPSA) is 0 Å². The minimum Gasteiger partial charge on any atom is -0.0651 e. The van der Waals surface area contributed by atoms with Crippen LogP contribution in [0.5, 0.6) is 0 Å². The van der Waals surface area contributed by atoms with E-state index in [1.54, 1.807) is 0 Å². The normalized spacial score (nSPS) is 33.0. The Morgan fingerprint density at radius 1 is 1.25 bits per heavy atom. The molecule has 0 spiro atoms. The van der Waals surface area contributed by atoms with Gasteiger partial charge in [-0.1, -0.05) is 40.5 Å². The third kappa shape index (κ3) is 2.50. The second-order valence-corrected chi connectivity index (χ2v) is 4.79. The second kappa shape index (κ2) is 4.30. The van der Waals surface area contributed by atoms with Crippen LogP contribution in [0.4, 0.5) is 0 Å². The Kier molecular flexibility index (Phi) is 3.61. The van der Waals surface area contributed by atoms with Crippen LogP contribution in [0.2, 0.25) is 0 Å². The van der Waals surface area contributed by atoms with E-state index >= 15 is 0 Å². The lowest BCUT2D eigenvalue weighted by atomic mass is 9.91. The second-order valence-electron chi connectivity index (χ2n) is 4.79. The Labute approximate surface area is 77.7 Å². The van der Waals surface area contributed by atoms with Gasteiger partial charge in [-0.15, -0.1) is 0 Å². The predicted octanol–water partition coefficient (Wildman–Crippen LogP) is 4.10. The van der Waals surface area contributed by atoms with E-state index in [0.29, 0.717) is 0 Å². The monoisotopic (exact) mass is 168 g/mol. The lowest BCUT2D eigenvalue weighted by Crippen LogP contribution is -2.05. The summed E-state index contributed by atoms with van der Waals surface area (Å²) in [6.45, 7) is 9.48. The Bertz CT molecular complexity index is 128. The summed E-state index contributed by atoms with van der Waals surface area (Å²) in [6, 6.07) is 0. The Morgan fingerprint density at radius 2 is 1.92 bits per heavy atom. The van der Waals surface area contributed by atoms with Gasteiger partial charge in [0.2, 0.25) is 0 Å². The molecule has 0 heterocycles. The van der Waals surface area contributed by atoms with Crippen molar-refractivity contribution in [3.63, 3.8) is 0 Å². The molecule has 4 unspecified atom stereocenters. The molecule has 1 fully saturated rings. The first-order valence-electron chi connectivity index (χ1n) is 5.69. The zero-order valence-corrected chi connectivity index (χ0v) is 9.14. The standard InChI is InChI=1S/C12H24/c1-5-9(3)7-10(4)12-8-11(12)6-2/h9-12H,5-8H2,1-4H3. The van der Waals surface area contributed by atoms with Crippen molar-refractivity contribution in [3.05, 3.63) is 0 Å². The molecular formula is C12H24. The fourth-order valence-electron chi connectivity index (χ4n) is 2.41. The molecule has 4 atom stereocenters. The molecule has 0 aromatic rings. The van der Waals surface area contributed by atoms with Crippen molar-refractivity contribution < 1.29 is 0 Å². The van der Waals surface area contributed by atoms with Crippen molar-refractivity contribution in [2.24, 2.45) is 23.7 Å². The van der Waals surface area contributed by atoms with Crippen LogP contribution < -0.4 is 0 Å². The lowest BCUT2D eigenvalue weighted by Gasteiger charge is -2.15. The van der Waals surface area contributed by atoms with Gasteiger partial charge in [0.1, 0.15) is 0 Å². The van der Waals surface area contributed by atoms with Crippen LogP contribution >= 0.6 is 0 Å². The summed E-state index contributed by atoms with van der Waals surface area (Å²) in [6.07, 6.45) is 5.75. The van der Waals surface area contributed by atoms with Crippen LogP contribution in [-0.4, -0.2) is 0 Å². The zero-order valence-electron chi connectivity index (χ0n) is 9.14. The molecule has 0 aliphatic heterocycles. The van der Waals surface area contributed by atoms with E-state index in [1.165, 1.54) is 25.7 Å². The van der Waals surface area contributed by atoms with Crippen molar-refractivity contribution >= 4 is 0 Å². The first-order chi connectivity index (χ1) is 5.69. The summed E-state index contributed by atoms with van der Waals surface area (Å²) < 4.78 is 0. The van der Waals surface area contributed by atoms with Crippen LogP contribution in [0.25, 0.3) is 0 Å². The molecule has 1 saturated carbocycles. The maximum atomic E-state index is 2.45. The van der Waals surface area contributed by atoms with Gasteiger partial charge in [0.25, 0.3) is 0 Å². The summed E-state index contributed by atoms with van der Waals surface area (Å²) in [5.41, 5.74) is 0. The van der Waals surface area contributed by atoms with E-state index < -0.39 is 0 Å². The van der Waals surface area contributed by atoms with Crippen LogP contribution in [0.15, 0.2) is 0 Å². The predicted molar refractivity (Wildman–Crippen MR) is 55.1 cm³/mol. The molecule has 0 radical (unpaired) electrons. The molecular weight excluding hydrogens is 144 g/mol. The highest BCUT2D eigenvalue weighted by Crippen LogP contribution is 2.48. The van der Waals surface area contributed by atoms with Gasteiger partial charge in [-0.05, 0) is 36.5 Å². The third-order valence-corrected chi connectivity index (χ3v) is 3.70. The summed E-state index contributed by atoms with van der Waals surface area (Å²) in [7, 11) is 0. The maximum Gasteiger partial charge on any atom is -0.0357 e. The average Bonchev–Trinajstić information content (AvgIpc) is 2.82. The van der Waals surface area contributed by atoms with Crippen LogP contribution in [0.3, 0.4) is 0 Å². The minimum atomic E-state index is 0.943. The first kappa shape index (κ1) is 10.1. The number of hydrogen-bond donors (Lipinski definition) is 0. The highest BCUT2D eigenvalue weighted by molar-refractivity contribution is 4.88. The summed E-state index contributed by atoms with van der Waals surface area (Å²) >= 11 is 0. The molecule has 1 rings (SSSR count). The smallest absolute Gasteiger partial charge is 0.0357 e. The van der Waals surface area contributed by atoms with Gasteiger partial charge in [-0.2, -0.15) is 0 Å². The van der Waals surface area contributed by atoms with E-state index in [-0.39, 0.29) is 0 Å². The van der Waals surface area contributed by atoms with Crippen molar-refractivity contribution in [1.29, 1.82) is 0 Å². The van der Waals surface area contributed by atoms with Crippen molar-refractivity contribution in [2.45, 2.75) is 53.4 Å². The van der Waals surface area contributed by atoms with Gasteiger partial charge >= 0.3 is 0 Å². The molecule has 1 aliphatic rings. The molecule has 12 heavy (non-hydrogen) atoms. The third-order valence-electron chi connectivity index (χ3n) is 3.70. The number of rotatable bonds is 5. The van der Waals surface area contributed by atoms with E-state index in [9.17, 15) is 0 Å². The Hall–Kier alpha value is 0. The van der Waals surface area contributed by atoms with E-state index in [4.69, 9.17) is 0 Å². The quantitative estimate of drug-likeness (QED) is 0.579.